The highest BCUT2D eigenvalue weighted by Crippen LogP contribution is 2.30. The first-order chi connectivity index (χ1) is 9.61. The van der Waals surface area contributed by atoms with Crippen molar-refractivity contribution in [1.29, 1.82) is 0 Å². The lowest BCUT2D eigenvalue weighted by atomic mass is 10.2. The average Bonchev–Trinajstić information content (AvgIpc) is 2.43. The number of nitrogens with zero attached hydrogens (tertiary/aromatic N) is 1. The van der Waals surface area contributed by atoms with E-state index < -0.39 is 0 Å². The molecule has 5 heteroatoms. The Morgan fingerprint density at radius 2 is 2.20 bits per heavy atom. The quantitative estimate of drug-likeness (QED) is 0.824. The Hall–Kier alpha value is -1.94. The molecule has 0 aliphatic carbocycles. The van der Waals surface area contributed by atoms with Crippen LogP contribution in [0.4, 0.5) is 5.69 Å². The highest BCUT2D eigenvalue weighted by atomic mass is 35.5. The lowest BCUT2D eigenvalue weighted by molar-refractivity contribution is 0.317. The van der Waals surface area contributed by atoms with Gasteiger partial charge >= 0.3 is 0 Å². The third kappa shape index (κ3) is 3.33. The third-order valence-corrected chi connectivity index (χ3v) is 3.13. The lowest BCUT2D eigenvalue weighted by Crippen LogP contribution is -2.02. The Kier molecular flexibility index (Phi) is 4.69. The van der Waals surface area contributed by atoms with Crippen LogP contribution in [-0.2, 0) is 6.54 Å². The maximum absolute atomic E-state index is 10.1. The molecule has 0 unspecified atom stereocenters. The monoisotopic (exact) mass is 292 g/mol. The number of aromatic hydroxyl groups is 1. The summed E-state index contributed by atoms with van der Waals surface area (Å²) in [5.74, 6) is 0.638. The second kappa shape index (κ2) is 6.48. The molecule has 0 spiro atoms. The van der Waals surface area contributed by atoms with Crippen LogP contribution in [-0.4, -0.2) is 16.7 Å². The van der Waals surface area contributed by atoms with Gasteiger partial charge in [-0.15, -0.1) is 0 Å². The molecule has 20 heavy (non-hydrogen) atoms. The first-order valence-electron chi connectivity index (χ1n) is 6.41. The summed E-state index contributed by atoms with van der Waals surface area (Å²) in [5, 5.41) is 13.7. The number of hydrogen-bond donors (Lipinski definition) is 2. The van der Waals surface area contributed by atoms with E-state index in [4.69, 9.17) is 16.3 Å². The third-order valence-electron chi connectivity index (χ3n) is 2.83. The highest BCUT2D eigenvalue weighted by molar-refractivity contribution is 6.31. The largest absolute Gasteiger partial charge is 0.504 e. The van der Waals surface area contributed by atoms with Gasteiger partial charge in [0.25, 0.3) is 0 Å². The van der Waals surface area contributed by atoms with Crippen LogP contribution < -0.4 is 10.1 Å². The molecule has 0 fully saturated rings. The van der Waals surface area contributed by atoms with Crippen molar-refractivity contribution in [3.8, 4) is 11.5 Å². The molecular formula is C15H17ClN2O2. The van der Waals surface area contributed by atoms with E-state index in [1.807, 2.05) is 32.0 Å². The zero-order chi connectivity index (χ0) is 14.5. The zero-order valence-electron chi connectivity index (χ0n) is 11.5. The topological polar surface area (TPSA) is 54.4 Å². The summed E-state index contributed by atoms with van der Waals surface area (Å²) < 4.78 is 5.36. The van der Waals surface area contributed by atoms with E-state index >= 15 is 0 Å². The molecule has 0 radical (unpaired) electrons. The highest BCUT2D eigenvalue weighted by Gasteiger charge is 2.08. The number of nitrogens with one attached hydrogen (secondary N) is 1. The fourth-order valence-electron chi connectivity index (χ4n) is 1.85. The van der Waals surface area contributed by atoms with E-state index in [1.165, 1.54) is 0 Å². The molecule has 0 aliphatic rings. The summed E-state index contributed by atoms with van der Waals surface area (Å²) in [5.41, 5.74) is 2.51. The van der Waals surface area contributed by atoms with Gasteiger partial charge in [-0.2, -0.15) is 0 Å². The number of phenols is 1. The van der Waals surface area contributed by atoms with Crippen molar-refractivity contribution in [1.82, 2.24) is 4.98 Å². The van der Waals surface area contributed by atoms with E-state index in [1.54, 1.807) is 12.3 Å². The van der Waals surface area contributed by atoms with Gasteiger partial charge in [0.1, 0.15) is 0 Å². The number of para-hydroxylation sites is 1. The van der Waals surface area contributed by atoms with Crippen LogP contribution >= 0.6 is 11.6 Å². The molecule has 0 aliphatic heterocycles. The molecule has 106 valence electrons. The smallest absolute Gasteiger partial charge is 0.162 e. The number of benzene rings is 1. The lowest BCUT2D eigenvalue weighted by Gasteiger charge is -2.12. The number of hydrogen-bond acceptors (Lipinski definition) is 4. The number of rotatable bonds is 5. The SMILES string of the molecule is CCOc1cccc(CNc2cc(C)cnc2Cl)c1O. The van der Waals surface area contributed by atoms with Gasteiger partial charge in [0.2, 0.25) is 0 Å². The van der Waals surface area contributed by atoms with Crippen LogP contribution in [0, 0.1) is 6.92 Å². The van der Waals surface area contributed by atoms with Gasteiger partial charge in [-0.1, -0.05) is 23.7 Å². The Morgan fingerprint density at radius 1 is 1.40 bits per heavy atom. The van der Waals surface area contributed by atoms with E-state index in [9.17, 15) is 5.11 Å². The van der Waals surface area contributed by atoms with E-state index in [0.717, 1.165) is 16.8 Å². The molecule has 2 aromatic rings. The molecule has 2 N–H and O–H groups in total. The second-order valence-corrected chi connectivity index (χ2v) is 4.76. The molecule has 2 rings (SSSR count). The number of anilines is 1. The first-order valence-corrected chi connectivity index (χ1v) is 6.79. The minimum absolute atomic E-state index is 0.151. The molecule has 0 amide bonds. The number of ether oxygens (including phenoxy) is 1. The molecule has 0 bridgehead atoms. The summed E-state index contributed by atoms with van der Waals surface area (Å²) in [6.07, 6.45) is 1.71. The van der Waals surface area contributed by atoms with Crippen LogP contribution in [0.1, 0.15) is 18.1 Å². The number of pyridine rings is 1. The number of phenolic OH excluding ortho intramolecular Hbond substituents is 1. The Labute approximate surface area is 123 Å². The molecule has 1 heterocycles. The van der Waals surface area contributed by atoms with Crippen molar-refractivity contribution in [2.45, 2.75) is 20.4 Å². The van der Waals surface area contributed by atoms with Crippen LogP contribution in [0.15, 0.2) is 30.5 Å². The zero-order valence-corrected chi connectivity index (χ0v) is 12.2. The predicted octanol–water partition coefficient (Wildman–Crippen LogP) is 3.76. The molecule has 0 atom stereocenters. The van der Waals surface area contributed by atoms with Gasteiger partial charge < -0.3 is 15.2 Å². The van der Waals surface area contributed by atoms with Crippen LogP contribution in [0.3, 0.4) is 0 Å². The average molecular weight is 293 g/mol. The Bertz CT molecular complexity index is 602. The van der Waals surface area contributed by atoms with E-state index in [0.29, 0.717) is 24.1 Å². The molecule has 1 aromatic carbocycles. The molecule has 0 saturated carbocycles. The Morgan fingerprint density at radius 3 is 2.95 bits per heavy atom. The van der Waals surface area contributed by atoms with Crippen molar-refractivity contribution >= 4 is 17.3 Å². The minimum Gasteiger partial charge on any atom is -0.504 e. The normalized spacial score (nSPS) is 10.3. The van der Waals surface area contributed by atoms with Crippen LogP contribution in [0.25, 0.3) is 0 Å². The predicted molar refractivity (Wildman–Crippen MR) is 80.6 cm³/mol. The summed E-state index contributed by atoms with van der Waals surface area (Å²) >= 11 is 6.02. The molecular weight excluding hydrogens is 276 g/mol. The van der Waals surface area contributed by atoms with E-state index in [-0.39, 0.29) is 5.75 Å². The summed E-state index contributed by atoms with van der Waals surface area (Å²) in [6.45, 7) is 4.78. The standard InChI is InChI=1S/C15H17ClN2O2/c1-3-20-13-6-4-5-11(14(13)19)9-17-12-7-10(2)8-18-15(12)16/h4-8,17,19H,3,9H2,1-2H3. The number of halogens is 1. The van der Waals surface area contributed by atoms with Gasteiger partial charge in [-0.25, -0.2) is 4.98 Å². The summed E-state index contributed by atoms with van der Waals surface area (Å²) in [4.78, 5) is 4.08. The van der Waals surface area contributed by atoms with Crippen LogP contribution in [0.5, 0.6) is 11.5 Å². The van der Waals surface area contributed by atoms with Crippen molar-refractivity contribution in [2.24, 2.45) is 0 Å². The first kappa shape index (κ1) is 14.5. The molecule has 4 nitrogen and oxygen atoms in total. The Balaban J connectivity index is 2.14. The van der Waals surface area contributed by atoms with Crippen molar-refractivity contribution in [3.63, 3.8) is 0 Å². The summed E-state index contributed by atoms with van der Waals surface area (Å²) in [6, 6.07) is 7.34. The van der Waals surface area contributed by atoms with Gasteiger partial charge in [-0.3, -0.25) is 0 Å². The molecule has 1 aromatic heterocycles. The van der Waals surface area contributed by atoms with Crippen molar-refractivity contribution in [3.05, 3.63) is 46.7 Å². The molecule has 0 saturated heterocycles. The van der Waals surface area contributed by atoms with Crippen molar-refractivity contribution in [2.75, 3.05) is 11.9 Å². The van der Waals surface area contributed by atoms with Gasteiger partial charge in [0.05, 0.1) is 12.3 Å². The summed E-state index contributed by atoms with van der Waals surface area (Å²) in [7, 11) is 0. The van der Waals surface area contributed by atoms with E-state index in [2.05, 4.69) is 10.3 Å². The number of aromatic nitrogens is 1. The second-order valence-electron chi connectivity index (χ2n) is 4.40. The van der Waals surface area contributed by atoms with Gasteiger partial charge in [0.15, 0.2) is 16.7 Å². The maximum Gasteiger partial charge on any atom is 0.162 e. The van der Waals surface area contributed by atoms with Crippen molar-refractivity contribution < 1.29 is 9.84 Å². The number of aryl methyl sites for hydroxylation is 1. The fraction of sp³-hybridized carbons (Fsp3) is 0.267. The fourth-order valence-corrected chi connectivity index (χ4v) is 2.02. The maximum atomic E-state index is 10.1. The van der Waals surface area contributed by atoms with Crippen LogP contribution in [0.2, 0.25) is 5.15 Å². The minimum atomic E-state index is 0.151. The van der Waals surface area contributed by atoms with Gasteiger partial charge in [-0.05, 0) is 31.5 Å². The van der Waals surface area contributed by atoms with Gasteiger partial charge in [0, 0.05) is 18.3 Å².